The van der Waals surface area contributed by atoms with Crippen molar-refractivity contribution in [3.8, 4) is 0 Å². The number of aliphatic hydroxyl groups excluding tert-OH is 2. The predicted molar refractivity (Wildman–Crippen MR) is 132 cm³/mol. The maximum atomic E-state index is 10.9. The molecule has 0 aromatic heterocycles. The SMILES string of the molecule is CC1(C)C=C[C@]2(C)CC[C@]3(C)C(=CC[C@@H]4[C@@]5(C)CC[C@H](O)[C@@](C)(CO)[C@@H]5CC[C@]43C)[C@@H]2C1. The molecule has 5 aliphatic carbocycles. The second kappa shape index (κ2) is 6.75. The summed E-state index contributed by atoms with van der Waals surface area (Å²) in [5.74, 6) is 1.71. The summed E-state index contributed by atoms with van der Waals surface area (Å²) in [6.07, 6.45) is 16.8. The topological polar surface area (TPSA) is 40.5 Å². The number of aliphatic hydroxyl groups is 2. The van der Waals surface area contributed by atoms with Crippen molar-refractivity contribution < 1.29 is 10.2 Å². The van der Waals surface area contributed by atoms with Gasteiger partial charge >= 0.3 is 0 Å². The summed E-state index contributed by atoms with van der Waals surface area (Å²) in [5, 5.41) is 21.3. The van der Waals surface area contributed by atoms with Crippen molar-refractivity contribution in [3.63, 3.8) is 0 Å². The number of hydrogen-bond acceptors (Lipinski definition) is 2. The van der Waals surface area contributed by atoms with Crippen LogP contribution in [0.1, 0.15) is 99.8 Å². The van der Waals surface area contributed by atoms with Crippen molar-refractivity contribution in [2.24, 2.45) is 50.2 Å². The van der Waals surface area contributed by atoms with Crippen molar-refractivity contribution in [2.45, 2.75) is 106 Å². The van der Waals surface area contributed by atoms with E-state index >= 15 is 0 Å². The molecular weight excluding hydrogens is 392 g/mol. The van der Waals surface area contributed by atoms with Gasteiger partial charge in [-0.2, -0.15) is 0 Å². The molecule has 5 aliphatic rings. The Labute approximate surface area is 197 Å². The normalized spacial score (nSPS) is 56.3. The van der Waals surface area contributed by atoms with Crippen LogP contribution in [0.5, 0.6) is 0 Å². The van der Waals surface area contributed by atoms with E-state index < -0.39 is 0 Å². The molecule has 0 spiro atoms. The average Bonchev–Trinajstić information content (AvgIpc) is 2.73. The maximum Gasteiger partial charge on any atom is 0.0618 e. The van der Waals surface area contributed by atoms with Gasteiger partial charge in [0.2, 0.25) is 0 Å². The summed E-state index contributed by atoms with van der Waals surface area (Å²) in [4.78, 5) is 0. The predicted octanol–water partition coefficient (Wildman–Crippen LogP) is 6.92. The molecule has 0 aliphatic heterocycles. The van der Waals surface area contributed by atoms with Gasteiger partial charge < -0.3 is 10.2 Å². The Morgan fingerprint density at radius 1 is 0.875 bits per heavy atom. The van der Waals surface area contributed by atoms with Gasteiger partial charge in [-0.1, -0.05) is 72.3 Å². The molecule has 2 N–H and O–H groups in total. The fourth-order valence-corrected chi connectivity index (χ4v) is 10.1. The van der Waals surface area contributed by atoms with Crippen LogP contribution in [0.15, 0.2) is 23.8 Å². The van der Waals surface area contributed by atoms with E-state index in [9.17, 15) is 10.2 Å². The molecule has 0 amide bonds. The van der Waals surface area contributed by atoms with E-state index in [0.29, 0.717) is 28.6 Å². The molecular formula is C30H48O2. The quantitative estimate of drug-likeness (QED) is 0.435. The molecule has 0 aromatic rings. The summed E-state index contributed by atoms with van der Waals surface area (Å²) >= 11 is 0. The zero-order chi connectivity index (χ0) is 23.4. The molecule has 0 unspecified atom stereocenters. The number of allylic oxidation sites excluding steroid dienone is 4. The van der Waals surface area contributed by atoms with Gasteiger partial charge in [0.05, 0.1) is 12.7 Å². The molecule has 0 aromatic carbocycles. The molecule has 0 radical (unpaired) electrons. The monoisotopic (exact) mass is 440 g/mol. The molecule has 0 heterocycles. The first kappa shape index (κ1) is 23.2. The minimum atomic E-state index is -0.369. The van der Waals surface area contributed by atoms with Crippen molar-refractivity contribution in [2.75, 3.05) is 6.61 Å². The van der Waals surface area contributed by atoms with Crippen molar-refractivity contribution >= 4 is 0 Å². The first-order valence-corrected chi connectivity index (χ1v) is 13.5. The van der Waals surface area contributed by atoms with Gasteiger partial charge in [-0.15, -0.1) is 0 Å². The zero-order valence-electron chi connectivity index (χ0n) is 21.8. The van der Waals surface area contributed by atoms with E-state index in [4.69, 9.17) is 0 Å². The molecule has 0 bridgehead atoms. The Morgan fingerprint density at radius 3 is 2.28 bits per heavy atom. The minimum absolute atomic E-state index is 0.109. The molecule has 32 heavy (non-hydrogen) atoms. The lowest BCUT2D eigenvalue weighted by molar-refractivity contribution is -0.213. The lowest BCUT2D eigenvalue weighted by atomic mass is 9.34. The van der Waals surface area contributed by atoms with E-state index in [1.54, 1.807) is 5.57 Å². The van der Waals surface area contributed by atoms with Crippen LogP contribution in [0.3, 0.4) is 0 Å². The molecule has 5 rings (SSSR count). The van der Waals surface area contributed by atoms with Crippen LogP contribution in [0, 0.1) is 50.2 Å². The lowest BCUT2D eigenvalue weighted by Gasteiger charge is -2.71. The highest BCUT2D eigenvalue weighted by atomic mass is 16.3. The minimum Gasteiger partial charge on any atom is -0.396 e. The Kier molecular flexibility index (Phi) is 4.88. The number of hydrogen-bond donors (Lipinski definition) is 2. The van der Waals surface area contributed by atoms with E-state index in [0.717, 1.165) is 19.3 Å². The highest BCUT2D eigenvalue weighted by molar-refractivity contribution is 5.36. The summed E-state index contributed by atoms with van der Waals surface area (Å²) in [5.41, 5.74) is 2.78. The first-order valence-electron chi connectivity index (χ1n) is 13.5. The number of fused-ring (bicyclic) bond motifs is 7. The van der Waals surface area contributed by atoms with Crippen LogP contribution < -0.4 is 0 Å². The molecule has 2 heteroatoms. The van der Waals surface area contributed by atoms with Crippen LogP contribution in [0.4, 0.5) is 0 Å². The largest absolute Gasteiger partial charge is 0.396 e. The van der Waals surface area contributed by atoms with Gasteiger partial charge in [0.25, 0.3) is 0 Å². The fraction of sp³-hybridized carbons (Fsp3) is 0.867. The standard InChI is InChI=1S/C30H48O2/c1-25(2)14-15-26(3)16-17-29(6)20(21(26)18-25)8-9-23-27(4)12-11-24(32)28(5,19-31)22(27)10-13-30(23,29)7/h8,14-15,21-24,31-32H,9-13,16-19H2,1-7H3/t21-,22+,23+,24-,26+,27-,28-,29+,30+/m0/s1. The zero-order valence-corrected chi connectivity index (χ0v) is 21.8. The Hall–Kier alpha value is -0.600. The highest BCUT2D eigenvalue weighted by Gasteiger charge is 2.68. The highest BCUT2D eigenvalue weighted by Crippen LogP contribution is 2.75. The third kappa shape index (κ3) is 2.72. The number of rotatable bonds is 1. The van der Waals surface area contributed by atoms with Gasteiger partial charge in [-0.05, 0) is 96.2 Å². The Morgan fingerprint density at radius 2 is 1.59 bits per heavy atom. The molecule has 9 atom stereocenters. The smallest absolute Gasteiger partial charge is 0.0618 e. The first-order chi connectivity index (χ1) is 14.8. The van der Waals surface area contributed by atoms with Crippen molar-refractivity contribution in [1.29, 1.82) is 0 Å². The van der Waals surface area contributed by atoms with Gasteiger partial charge in [0, 0.05) is 5.41 Å². The van der Waals surface area contributed by atoms with Crippen molar-refractivity contribution in [3.05, 3.63) is 23.8 Å². The second-order valence-electron chi connectivity index (χ2n) is 14.6. The van der Waals surface area contributed by atoms with Gasteiger partial charge in [-0.3, -0.25) is 0 Å². The summed E-state index contributed by atoms with van der Waals surface area (Å²) in [6, 6.07) is 0. The van der Waals surface area contributed by atoms with Crippen molar-refractivity contribution in [1.82, 2.24) is 0 Å². The third-order valence-electron chi connectivity index (χ3n) is 12.6. The van der Waals surface area contributed by atoms with Crippen LogP contribution >= 0.6 is 0 Å². The van der Waals surface area contributed by atoms with E-state index in [2.05, 4.69) is 66.7 Å². The van der Waals surface area contributed by atoms with E-state index in [1.165, 1.54) is 32.1 Å². The third-order valence-corrected chi connectivity index (χ3v) is 12.6. The van der Waals surface area contributed by atoms with Gasteiger partial charge in [0.1, 0.15) is 0 Å². The molecule has 180 valence electrons. The Balaban J connectivity index is 1.58. The van der Waals surface area contributed by atoms with Gasteiger partial charge in [0.15, 0.2) is 0 Å². The molecule has 2 nitrogen and oxygen atoms in total. The second-order valence-corrected chi connectivity index (χ2v) is 14.6. The van der Waals surface area contributed by atoms with E-state index in [-0.39, 0.29) is 34.4 Å². The van der Waals surface area contributed by atoms with Crippen LogP contribution in [0.25, 0.3) is 0 Å². The lowest BCUT2D eigenvalue weighted by Crippen LogP contribution is -2.65. The summed E-state index contributed by atoms with van der Waals surface area (Å²) < 4.78 is 0. The molecule has 3 fully saturated rings. The van der Waals surface area contributed by atoms with Crippen LogP contribution in [-0.4, -0.2) is 22.9 Å². The summed E-state index contributed by atoms with van der Waals surface area (Å²) in [6.45, 7) is 17.4. The average molecular weight is 441 g/mol. The van der Waals surface area contributed by atoms with Crippen LogP contribution in [0.2, 0.25) is 0 Å². The fourth-order valence-electron chi connectivity index (χ4n) is 10.1. The van der Waals surface area contributed by atoms with Crippen LogP contribution in [-0.2, 0) is 0 Å². The Bertz CT molecular complexity index is 855. The summed E-state index contributed by atoms with van der Waals surface area (Å²) in [7, 11) is 0. The molecule has 0 saturated heterocycles. The maximum absolute atomic E-state index is 10.9. The van der Waals surface area contributed by atoms with Gasteiger partial charge in [-0.25, -0.2) is 0 Å². The van der Waals surface area contributed by atoms with E-state index in [1.807, 2.05) is 0 Å². The molecule has 3 saturated carbocycles.